The molecular weight excluding hydrogens is 470 g/mol. The average Bonchev–Trinajstić information content (AvgIpc) is 2.85. The van der Waals surface area contributed by atoms with Crippen LogP contribution in [-0.4, -0.2) is 20.4 Å². The van der Waals surface area contributed by atoms with Gasteiger partial charge < -0.3 is 5.32 Å². The van der Waals surface area contributed by atoms with E-state index in [1.807, 2.05) is 6.92 Å². The summed E-state index contributed by atoms with van der Waals surface area (Å²) in [5, 5.41) is 2.97. The Morgan fingerprint density at radius 3 is 2.14 bits per heavy atom. The minimum atomic E-state index is -3.74. The lowest BCUT2D eigenvalue weighted by atomic mass is 9.85. The third-order valence-corrected chi connectivity index (χ3v) is 8.03. The first-order valence-corrected chi connectivity index (χ1v) is 13.1. The van der Waals surface area contributed by atoms with Crippen molar-refractivity contribution >= 4 is 15.9 Å². The zero-order valence-corrected chi connectivity index (χ0v) is 20.2. The number of rotatable bonds is 7. The summed E-state index contributed by atoms with van der Waals surface area (Å²) in [5.74, 6) is -0.964. The third-order valence-electron chi connectivity index (χ3n) is 6.50. The molecule has 3 aromatic rings. The fourth-order valence-electron chi connectivity index (χ4n) is 4.44. The van der Waals surface area contributed by atoms with Crippen LogP contribution in [0.15, 0.2) is 77.7 Å². The molecule has 1 atom stereocenters. The second kappa shape index (κ2) is 10.7. The molecule has 0 aromatic heterocycles. The highest BCUT2D eigenvalue weighted by Crippen LogP contribution is 2.28. The number of sulfonamides is 1. The third kappa shape index (κ3) is 6.13. The number of hydrogen-bond donors (Lipinski definition) is 2. The second-order valence-electron chi connectivity index (χ2n) is 8.96. The summed E-state index contributed by atoms with van der Waals surface area (Å²) in [5.41, 5.74) is 1.83. The first-order chi connectivity index (χ1) is 16.7. The van der Waals surface area contributed by atoms with Gasteiger partial charge in [0, 0.05) is 17.5 Å². The largest absolute Gasteiger partial charge is 0.349 e. The van der Waals surface area contributed by atoms with Crippen molar-refractivity contribution in [2.45, 2.75) is 49.6 Å². The summed E-state index contributed by atoms with van der Waals surface area (Å²) >= 11 is 0. The van der Waals surface area contributed by atoms with E-state index < -0.39 is 10.0 Å². The highest BCUT2D eigenvalue weighted by molar-refractivity contribution is 7.89. The Kier molecular flexibility index (Phi) is 7.62. The molecule has 0 unspecified atom stereocenters. The molecule has 4 rings (SSSR count). The van der Waals surface area contributed by atoms with Crippen LogP contribution in [0.25, 0.3) is 11.1 Å². The van der Waals surface area contributed by atoms with E-state index in [9.17, 15) is 22.0 Å². The van der Waals surface area contributed by atoms with Crippen LogP contribution in [0.3, 0.4) is 0 Å². The molecule has 1 amide bonds. The maximum atomic E-state index is 14.0. The van der Waals surface area contributed by atoms with E-state index in [0.717, 1.165) is 5.56 Å². The molecule has 0 spiro atoms. The van der Waals surface area contributed by atoms with Gasteiger partial charge in [0.25, 0.3) is 0 Å². The summed E-state index contributed by atoms with van der Waals surface area (Å²) in [6.07, 6.45) is 2.24. The molecular formula is C27H28F2N2O3S. The van der Waals surface area contributed by atoms with Crippen molar-refractivity contribution in [3.63, 3.8) is 0 Å². The monoisotopic (exact) mass is 498 g/mol. The molecule has 0 aliphatic heterocycles. The first kappa shape index (κ1) is 25.0. The zero-order chi connectivity index (χ0) is 25.0. The molecule has 2 N–H and O–H groups in total. The van der Waals surface area contributed by atoms with Gasteiger partial charge in [-0.2, -0.15) is 0 Å². The molecule has 1 saturated carbocycles. The molecule has 1 aliphatic carbocycles. The number of halogens is 2. The Morgan fingerprint density at radius 1 is 0.886 bits per heavy atom. The minimum Gasteiger partial charge on any atom is -0.349 e. The van der Waals surface area contributed by atoms with Gasteiger partial charge in [0.05, 0.1) is 10.9 Å². The van der Waals surface area contributed by atoms with Crippen LogP contribution in [0.2, 0.25) is 0 Å². The number of nitrogens with one attached hydrogen (secondary N) is 2. The van der Waals surface area contributed by atoms with E-state index in [1.165, 1.54) is 30.3 Å². The van der Waals surface area contributed by atoms with Crippen molar-refractivity contribution in [2.75, 3.05) is 0 Å². The van der Waals surface area contributed by atoms with Crippen molar-refractivity contribution < 1.29 is 22.0 Å². The van der Waals surface area contributed by atoms with E-state index >= 15 is 0 Å². The fourth-order valence-corrected chi connectivity index (χ4v) is 5.74. The highest BCUT2D eigenvalue weighted by Gasteiger charge is 2.29. The van der Waals surface area contributed by atoms with Gasteiger partial charge in [0.2, 0.25) is 15.9 Å². The van der Waals surface area contributed by atoms with Crippen LogP contribution in [0.5, 0.6) is 0 Å². The Hall–Kier alpha value is -3.10. The van der Waals surface area contributed by atoms with E-state index in [1.54, 1.807) is 42.5 Å². The number of amides is 1. The summed E-state index contributed by atoms with van der Waals surface area (Å²) < 4.78 is 55.6. The van der Waals surface area contributed by atoms with Gasteiger partial charge in [-0.15, -0.1) is 0 Å². The minimum absolute atomic E-state index is 0.0770. The van der Waals surface area contributed by atoms with E-state index in [-0.39, 0.29) is 40.4 Å². The summed E-state index contributed by atoms with van der Waals surface area (Å²) in [7, 11) is -3.74. The van der Waals surface area contributed by atoms with Crippen molar-refractivity contribution in [2.24, 2.45) is 5.92 Å². The maximum absolute atomic E-state index is 14.0. The van der Waals surface area contributed by atoms with Gasteiger partial charge in [-0.05, 0) is 74.1 Å². The molecule has 0 saturated heterocycles. The van der Waals surface area contributed by atoms with Gasteiger partial charge >= 0.3 is 0 Å². The molecule has 0 radical (unpaired) electrons. The van der Waals surface area contributed by atoms with Gasteiger partial charge in [0.1, 0.15) is 11.6 Å². The smallest absolute Gasteiger partial charge is 0.240 e. The normalized spacial score (nSPS) is 19.2. The topological polar surface area (TPSA) is 75.3 Å². The summed E-state index contributed by atoms with van der Waals surface area (Å²) in [6.45, 7) is 1.85. The van der Waals surface area contributed by atoms with Crippen LogP contribution in [0.4, 0.5) is 8.78 Å². The molecule has 3 aromatic carbocycles. The molecule has 5 nitrogen and oxygen atoms in total. The predicted molar refractivity (Wildman–Crippen MR) is 131 cm³/mol. The van der Waals surface area contributed by atoms with Crippen LogP contribution in [-0.2, 0) is 14.8 Å². The Bertz CT molecular complexity index is 1270. The molecule has 0 heterocycles. The quantitative estimate of drug-likeness (QED) is 0.461. The number of benzene rings is 3. The van der Waals surface area contributed by atoms with Gasteiger partial charge in [-0.25, -0.2) is 21.9 Å². The number of carbonyl (C=O) groups is 1. The van der Waals surface area contributed by atoms with Crippen molar-refractivity contribution in [1.29, 1.82) is 0 Å². The zero-order valence-electron chi connectivity index (χ0n) is 19.4. The number of hydrogen-bond acceptors (Lipinski definition) is 3. The standard InChI is InChI=1S/C27H28F2N2O3S/c1-18(19-6-12-22(28)13-7-19)30-27(32)21-8-14-23(15-9-21)31-35(33,34)24-16-10-20(11-17-24)25-4-2-3-5-26(25)29/h2-7,10-13,16-18,21,23,31H,8-9,14-15H2,1H3,(H,30,32)/t18-,21?,23?/m1/s1. The summed E-state index contributed by atoms with van der Waals surface area (Å²) in [6, 6.07) is 18.0. The predicted octanol–water partition coefficient (Wildman–Crippen LogP) is 5.35. The second-order valence-corrected chi connectivity index (χ2v) is 10.7. The molecule has 35 heavy (non-hydrogen) atoms. The number of carbonyl (C=O) groups excluding carboxylic acids is 1. The Balaban J connectivity index is 1.31. The Labute approximate surface area is 204 Å². The van der Waals surface area contributed by atoms with Crippen LogP contribution in [0, 0.1) is 17.6 Å². The molecule has 1 fully saturated rings. The molecule has 0 bridgehead atoms. The van der Waals surface area contributed by atoms with Crippen LogP contribution in [0.1, 0.15) is 44.2 Å². The lowest BCUT2D eigenvalue weighted by Crippen LogP contribution is -2.41. The van der Waals surface area contributed by atoms with Gasteiger partial charge in [-0.1, -0.05) is 42.5 Å². The van der Waals surface area contributed by atoms with Crippen LogP contribution < -0.4 is 10.0 Å². The maximum Gasteiger partial charge on any atom is 0.240 e. The van der Waals surface area contributed by atoms with Gasteiger partial charge in [-0.3, -0.25) is 4.79 Å². The molecule has 1 aliphatic rings. The molecule has 8 heteroatoms. The van der Waals surface area contributed by atoms with E-state index in [2.05, 4.69) is 10.0 Å². The van der Waals surface area contributed by atoms with Crippen molar-refractivity contribution in [1.82, 2.24) is 10.0 Å². The van der Waals surface area contributed by atoms with E-state index in [4.69, 9.17) is 0 Å². The van der Waals surface area contributed by atoms with Crippen LogP contribution >= 0.6 is 0 Å². The van der Waals surface area contributed by atoms with E-state index in [0.29, 0.717) is 36.8 Å². The Morgan fingerprint density at radius 2 is 1.51 bits per heavy atom. The lowest BCUT2D eigenvalue weighted by molar-refractivity contribution is -0.126. The lowest BCUT2D eigenvalue weighted by Gasteiger charge is -2.29. The first-order valence-electron chi connectivity index (χ1n) is 11.7. The summed E-state index contributed by atoms with van der Waals surface area (Å²) in [4.78, 5) is 12.8. The molecule has 184 valence electrons. The highest BCUT2D eigenvalue weighted by atomic mass is 32.2. The van der Waals surface area contributed by atoms with Crippen molar-refractivity contribution in [3.8, 4) is 11.1 Å². The SMILES string of the molecule is C[C@@H](NC(=O)C1CCC(NS(=O)(=O)c2ccc(-c3ccccc3F)cc2)CC1)c1ccc(F)cc1. The van der Waals surface area contributed by atoms with Gasteiger partial charge in [0.15, 0.2) is 0 Å². The van der Waals surface area contributed by atoms with Crippen molar-refractivity contribution in [3.05, 3.63) is 90.0 Å². The fraction of sp³-hybridized carbons (Fsp3) is 0.296. The average molecular weight is 499 g/mol.